The molecule has 0 amide bonds. The minimum Gasteiger partial charge on any atom is -0.293 e. The number of hydrogen-bond donors (Lipinski definition) is 1. The maximum Gasteiger partial charge on any atom is 0.264 e. The molecule has 0 radical (unpaired) electrons. The molecule has 0 aliphatic rings. The molecule has 0 saturated carbocycles. The van der Waals surface area contributed by atoms with Crippen LogP contribution in [0.25, 0.3) is 0 Å². The van der Waals surface area contributed by atoms with E-state index in [9.17, 15) is 8.42 Å². The average molecular weight is 371 g/mol. The van der Waals surface area contributed by atoms with Gasteiger partial charge >= 0.3 is 0 Å². The van der Waals surface area contributed by atoms with Crippen LogP contribution in [-0.4, -0.2) is 31.5 Å². The molecule has 0 bridgehead atoms. The maximum absolute atomic E-state index is 10.4. The summed E-state index contributed by atoms with van der Waals surface area (Å²) < 4.78 is 30.5. The Morgan fingerprint density at radius 1 is 1.41 bits per heavy atom. The fraction of sp³-hybridized carbons (Fsp3) is 0.545. The lowest BCUT2D eigenvalue weighted by atomic mass is 10.3. The number of hydrogen-bond acceptors (Lipinski definition) is 3. The first kappa shape index (κ1) is 16.8. The van der Waals surface area contributed by atoms with Crippen LogP contribution in [0.15, 0.2) is 26.8 Å². The molecule has 6 heteroatoms. The SMILES string of the molecule is CCC/C(I)=C/C=C\C=N\CCCS(=O)(=O)O. The molecule has 0 atom stereocenters. The van der Waals surface area contributed by atoms with Crippen LogP contribution in [0.5, 0.6) is 0 Å². The van der Waals surface area contributed by atoms with E-state index in [1.165, 1.54) is 3.58 Å². The van der Waals surface area contributed by atoms with Crippen LogP contribution in [0.1, 0.15) is 26.2 Å². The summed E-state index contributed by atoms with van der Waals surface area (Å²) >= 11 is 2.30. The molecular weight excluding hydrogens is 353 g/mol. The van der Waals surface area contributed by atoms with E-state index in [0.717, 1.165) is 12.8 Å². The Morgan fingerprint density at radius 2 is 2.12 bits per heavy atom. The Balaban J connectivity index is 3.74. The van der Waals surface area contributed by atoms with Crippen LogP contribution >= 0.6 is 22.6 Å². The third-order valence-corrected chi connectivity index (χ3v) is 3.46. The van der Waals surface area contributed by atoms with E-state index in [4.69, 9.17) is 4.55 Å². The molecule has 4 nitrogen and oxygen atoms in total. The van der Waals surface area contributed by atoms with Crippen molar-refractivity contribution in [2.75, 3.05) is 12.3 Å². The molecule has 1 N–H and O–H groups in total. The smallest absolute Gasteiger partial charge is 0.264 e. The Bertz CT molecular complexity index is 386. The van der Waals surface area contributed by atoms with Gasteiger partial charge in [-0.05, 0) is 45.1 Å². The molecular formula is C11H18INO3S. The van der Waals surface area contributed by atoms with Crippen LogP contribution in [0.2, 0.25) is 0 Å². The summed E-state index contributed by atoms with van der Waals surface area (Å²) in [5.74, 6) is -0.234. The summed E-state index contributed by atoms with van der Waals surface area (Å²) in [4.78, 5) is 4.00. The zero-order valence-corrected chi connectivity index (χ0v) is 12.8. The molecule has 98 valence electrons. The van der Waals surface area contributed by atoms with Gasteiger partial charge in [0.05, 0.1) is 5.75 Å². The molecule has 0 rings (SSSR count). The zero-order valence-electron chi connectivity index (χ0n) is 9.84. The van der Waals surface area contributed by atoms with Gasteiger partial charge in [0.2, 0.25) is 0 Å². The van der Waals surface area contributed by atoms with Gasteiger partial charge in [-0.25, -0.2) is 0 Å². The second-order valence-electron chi connectivity index (χ2n) is 3.44. The molecule has 0 fully saturated rings. The summed E-state index contributed by atoms with van der Waals surface area (Å²) in [7, 11) is -3.84. The monoisotopic (exact) mass is 371 g/mol. The lowest BCUT2D eigenvalue weighted by Gasteiger charge is -1.92. The second-order valence-corrected chi connectivity index (χ2v) is 6.40. The van der Waals surface area contributed by atoms with Gasteiger partial charge in [0.1, 0.15) is 0 Å². The first-order valence-corrected chi connectivity index (χ1v) is 8.11. The highest BCUT2D eigenvalue weighted by Gasteiger charge is 2.01. The fourth-order valence-electron chi connectivity index (χ4n) is 1.01. The molecule has 0 saturated heterocycles. The number of halogens is 1. The van der Waals surface area contributed by atoms with Crippen molar-refractivity contribution in [3.63, 3.8) is 0 Å². The van der Waals surface area contributed by atoms with Gasteiger partial charge in [0, 0.05) is 12.8 Å². The molecule has 0 aromatic carbocycles. The Kier molecular flexibility index (Phi) is 9.66. The predicted octanol–water partition coefficient (Wildman–Crippen LogP) is 3.01. The van der Waals surface area contributed by atoms with Crippen LogP contribution in [-0.2, 0) is 10.1 Å². The molecule has 0 unspecified atom stereocenters. The fourth-order valence-corrected chi connectivity index (χ4v) is 2.25. The predicted molar refractivity (Wildman–Crippen MR) is 80.5 cm³/mol. The minimum atomic E-state index is -3.84. The van der Waals surface area contributed by atoms with Crippen molar-refractivity contribution in [2.45, 2.75) is 26.2 Å². The van der Waals surface area contributed by atoms with Crippen molar-refractivity contribution in [3.8, 4) is 0 Å². The van der Waals surface area contributed by atoms with Gasteiger partial charge in [0.25, 0.3) is 10.1 Å². The standard InChI is InChI=1S/C11H18INO3S/c1-2-6-11(12)7-3-4-8-13-9-5-10-17(14,15)16/h3-4,7-8H,2,5-6,9-10H2,1H3,(H,14,15,16)/b4-3-,11-7-,13-8+. The van der Waals surface area contributed by atoms with Crippen LogP contribution < -0.4 is 0 Å². The van der Waals surface area contributed by atoms with Crippen LogP contribution in [0.4, 0.5) is 0 Å². The van der Waals surface area contributed by atoms with Crippen molar-refractivity contribution in [1.29, 1.82) is 0 Å². The summed E-state index contributed by atoms with van der Waals surface area (Å²) in [6.07, 6.45) is 9.92. The molecule has 0 heterocycles. The largest absolute Gasteiger partial charge is 0.293 e. The number of aliphatic imine (C=N–C) groups is 1. The van der Waals surface area contributed by atoms with E-state index in [1.54, 1.807) is 6.21 Å². The van der Waals surface area contributed by atoms with E-state index in [2.05, 4.69) is 34.5 Å². The quantitative estimate of drug-likeness (QED) is 0.235. The Morgan fingerprint density at radius 3 is 2.71 bits per heavy atom. The molecule has 0 aromatic rings. The van der Waals surface area contributed by atoms with E-state index >= 15 is 0 Å². The number of rotatable bonds is 8. The number of allylic oxidation sites excluding steroid dienone is 4. The van der Waals surface area contributed by atoms with Gasteiger partial charge in [-0.15, -0.1) is 0 Å². The third kappa shape index (κ3) is 13.7. The van der Waals surface area contributed by atoms with Crippen LogP contribution in [0.3, 0.4) is 0 Å². The first-order chi connectivity index (χ1) is 7.95. The van der Waals surface area contributed by atoms with Gasteiger partial charge < -0.3 is 0 Å². The normalized spacial score (nSPS) is 13.9. The second kappa shape index (κ2) is 9.78. The van der Waals surface area contributed by atoms with E-state index in [0.29, 0.717) is 13.0 Å². The summed E-state index contributed by atoms with van der Waals surface area (Å²) in [5.41, 5.74) is 0. The summed E-state index contributed by atoms with van der Waals surface area (Å²) in [6.45, 7) is 2.53. The minimum absolute atomic E-state index is 0.234. The molecule has 0 spiro atoms. The molecule has 0 aliphatic heterocycles. The first-order valence-electron chi connectivity index (χ1n) is 5.42. The highest BCUT2D eigenvalue weighted by Crippen LogP contribution is 2.12. The highest BCUT2D eigenvalue weighted by molar-refractivity contribution is 14.1. The molecule has 0 aromatic heterocycles. The number of nitrogens with zero attached hydrogens (tertiary/aromatic N) is 1. The zero-order chi connectivity index (χ0) is 13.1. The van der Waals surface area contributed by atoms with Crippen molar-refractivity contribution in [3.05, 3.63) is 21.8 Å². The van der Waals surface area contributed by atoms with E-state index in [1.807, 2.05) is 18.2 Å². The Labute approximate surface area is 117 Å². The molecule has 0 aliphatic carbocycles. The lowest BCUT2D eigenvalue weighted by Crippen LogP contribution is -2.04. The van der Waals surface area contributed by atoms with Gasteiger partial charge in [-0.1, -0.05) is 25.5 Å². The van der Waals surface area contributed by atoms with Gasteiger partial charge in [-0.3, -0.25) is 9.55 Å². The van der Waals surface area contributed by atoms with Crippen molar-refractivity contribution in [1.82, 2.24) is 0 Å². The Hall–Kier alpha value is -0.210. The van der Waals surface area contributed by atoms with Crippen molar-refractivity contribution in [2.24, 2.45) is 4.99 Å². The highest BCUT2D eigenvalue weighted by atomic mass is 127. The topological polar surface area (TPSA) is 66.7 Å². The van der Waals surface area contributed by atoms with Crippen LogP contribution in [0, 0.1) is 0 Å². The van der Waals surface area contributed by atoms with Gasteiger partial charge in [0.15, 0.2) is 0 Å². The lowest BCUT2D eigenvalue weighted by molar-refractivity contribution is 0.481. The third-order valence-electron chi connectivity index (χ3n) is 1.76. The van der Waals surface area contributed by atoms with E-state index < -0.39 is 10.1 Å². The summed E-state index contributed by atoms with van der Waals surface area (Å²) in [6, 6.07) is 0. The van der Waals surface area contributed by atoms with Gasteiger partial charge in [-0.2, -0.15) is 8.42 Å². The summed E-state index contributed by atoms with van der Waals surface area (Å²) in [5, 5.41) is 0. The maximum atomic E-state index is 10.4. The van der Waals surface area contributed by atoms with Crippen molar-refractivity contribution < 1.29 is 13.0 Å². The van der Waals surface area contributed by atoms with Crippen molar-refractivity contribution >= 4 is 38.9 Å². The molecule has 17 heavy (non-hydrogen) atoms. The average Bonchev–Trinajstić information content (AvgIpc) is 2.21. The van der Waals surface area contributed by atoms with E-state index in [-0.39, 0.29) is 5.75 Å².